The van der Waals surface area contributed by atoms with Gasteiger partial charge in [0.05, 0.1) is 11.5 Å². The summed E-state index contributed by atoms with van der Waals surface area (Å²) >= 11 is 0. The van der Waals surface area contributed by atoms with E-state index < -0.39 is 10.0 Å². The lowest BCUT2D eigenvalue weighted by Gasteiger charge is -2.19. The van der Waals surface area contributed by atoms with Gasteiger partial charge in [-0.2, -0.15) is 0 Å². The van der Waals surface area contributed by atoms with Crippen LogP contribution in [0.5, 0.6) is 0 Å². The maximum absolute atomic E-state index is 12.0. The first-order valence-corrected chi connectivity index (χ1v) is 8.72. The highest BCUT2D eigenvalue weighted by Crippen LogP contribution is 2.17. The number of nitrogens with one attached hydrogen (secondary N) is 2. The Balaban J connectivity index is 2.78. The normalized spacial score (nSPS) is 13.7. The molecular weight excluding hydrogens is 288 g/mol. The second-order valence-corrected chi connectivity index (χ2v) is 7.67. The summed E-state index contributed by atoms with van der Waals surface area (Å²) < 4.78 is 26.6. The molecule has 1 atom stereocenters. The first kappa shape index (κ1) is 17.9. The van der Waals surface area contributed by atoms with Crippen LogP contribution in [0.4, 0.5) is 5.69 Å². The Labute approximate surface area is 127 Å². The fourth-order valence-corrected chi connectivity index (χ4v) is 3.34. The molecule has 0 heterocycles. The summed E-state index contributed by atoms with van der Waals surface area (Å²) in [5.41, 5.74) is 0.804. The third-order valence-corrected chi connectivity index (χ3v) is 4.58. The van der Waals surface area contributed by atoms with E-state index in [0.29, 0.717) is 5.92 Å². The molecule has 0 spiro atoms. The second kappa shape index (κ2) is 7.77. The smallest absolute Gasteiger partial charge is 0.240 e. The van der Waals surface area contributed by atoms with E-state index >= 15 is 0 Å². The molecule has 0 aliphatic carbocycles. The Morgan fingerprint density at radius 3 is 2.10 bits per heavy atom. The topological polar surface area (TPSA) is 78.4 Å². The maximum Gasteiger partial charge on any atom is 0.240 e. The van der Waals surface area contributed by atoms with Gasteiger partial charge in [-0.25, -0.2) is 13.1 Å². The molecule has 21 heavy (non-hydrogen) atoms. The lowest BCUT2D eigenvalue weighted by Crippen LogP contribution is -2.30. The van der Waals surface area contributed by atoms with Crippen LogP contribution in [0.25, 0.3) is 0 Å². The molecule has 120 valence electrons. The highest BCUT2D eigenvalue weighted by Gasteiger charge is 2.15. The van der Waals surface area contributed by atoms with Crippen LogP contribution in [0, 0.1) is 5.92 Å². The minimum Gasteiger partial charge on any atom is -0.394 e. The van der Waals surface area contributed by atoms with Crippen molar-refractivity contribution in [3.05, 3.63) is 24.3 Å². The van der Waals surface area contributed by atoms with Crippen LogP contribution in [0.15, 0.2) is 29.2 Å². The van der Waals surface area contributed by atoms with Gasteiger partial charge in [-0.05, 0) is 50.5 Å². The zero-order valence-corrected chi connectivity index (χ0v) is 13.9. The number of benzene rings is 1. The lowest BCUT2D eigenvalue weighted by atomic mass is 10.0. The molecule has 0 aromatic heterocycles. The number of aliphatic hydroxyl groups excluding tert-OH is 1. The molecule has 1 aromatic carbocycles. The molecule has 1 rings (SSSR count). The quantitative estimate of drug-likeness (QED) is 0.687. The van der Waals surface area contributed by atoms with E-state index in [0.717, 1.165) is 12.1 Å². The summed E-state index contributed by atoms with van der Waals surface area (Å²) in [6.07, 6.45) is 0.853. The van der Waals surface area contributed by atoms with Gasteiger partial charge in [-0.3, -0.25) is 0 Å². The Kier molecular flexibility index (Phi) is 6.64. The van der Waals surface area contributed by atoms with E-state index in [1.54, 1.807) is 38.1 Å². The van der Waals surface area contributed by atoms with Crippen LogP contribution < -0.4 is 10.0 Å². The van der Waals surface area contributed by atoms with E-state index in [9.17, 15) is 13.5 Å². The molecule has 1 aromatic rings. The van der Waals surface area contributed by atoms with Crippen molar-refractivity contribution in [3.8, 4) is 0 Å². The predicted molar refractivity (Wildman–Crippen MR) is 85.9 cm³/mol. The van der Waals surface area contributed by atoms with Crippen molar-refractivity contribution in [3.63, 3.8) is 0 Å². The van der Waals surface area contributed by atoms with E-state index in [2.05, 4.69) is 23.9 Å². The Morgan fingerprint density at radius 1 is 1.10 bits per heavy atom. The highest BCUT2D eigenvalue weighted by molar-refractivity contribution is 7.89. The average Bonchev–Trinajstić information content (AvgIpc) is 2.36. The Bertz CT molecular complexity index is 524. The summed E-state index contributed by atoms with van der Waals surface area (Å²) in [6.45, 7) is 7.80. The molecule has 0 aliphatic heterocycles. The van der Waals surface area contributed by atoms with Crippen molar-refractivity contribution < 1.29 is 13.5 Å². The molecule has 1 unspecified atom stereocenters. The van der Waals surface area contributed by atoms with Crippen LogP contribution in [0.1, 0.15) is 34.1 Å². The SMILES string of the molecule is CC(C)CC(CO)Nc1ccc(S(=O)(=O)NC(C)C)cc1. The molecule has 5 nitrogen and oxygen atoms in total. The number of aliphatic hydroxyl groups is 1. The monoisotopic (exact) mass is 314 g/mol. The van der Waals surface area contributed by atoms with Crippen LogP contribution in [0.3, 0.4) is 0 Å². The third kappa shape index (κ3) is 6.03. The zero-order chi connectivity index (χ0) is 16.0. The fourth-order valence-electron chi connectivity index (χ4n) is 2.09. The van der Waals surface area contributed by atoms with Gasteiger partial charge in [0.15, 0.2) is 0 Å². The summed E-state index contributed by atoms with van der Waals surface area (Å²) in [6, 6.07) is 6.41. The van der Waals surface area contributed by atoms with Crippen LogP contribution in [0.2, 0.25) is 0 Å². The van der Waals surface area contributed by atoms with E-state index in [4.69, 9.17) is 0 Å². The molecule has 3 N–H and O–H groups in total. The number of hydrogen-bond acceptors (Lipinski definition) is 4. The van der Waals surface area contributed by atoms with Crippen LogP contribution >= 0.6 is 0 Å². The molecule has 0 fully saturated rings. The Hall–Kier alpha value is -1.11. The van der Waals surface area contributed by atoms with Gasteiger partial charge < -0.3 is 10.4 Å². The van der Waals surface area contributed by atoms with Crippen LogP contribution in [-0.4, -0.2) is 32.2 Å². The van der Waals surface area contributed by atoms with Gasteiger partial charge in [-0.15, -0.1) is 0 Å². The molecule has 0 saturated heterocycles. The van der Waals surface area contributed by atoms with E-state index in [1.165, 1.54) is 0 Å². The summed E-state index contributed by atoms with van der Waals surface area (Å²) in [7, 11) is -3.46. The number of hydrogen-bond donors (Lipinski definition) is 3. The first-order chi connectivity index (χ1) is 9.74. The molecule has 0 amide bonds. The number of rotatable bonds is 8. The maximum atomic E-state index is 12.0. The molecule has 0 bridgehead atoms. The van der Waals surface area contributed by atoms with Crippen molar-refractivity contribution in [1.82, 2.24) is 4.72 Å². The summed E-state index contributed by atoms with van der Waals surface area (Å²) in [5, 5.41) is 12.6. The number of anilines is 1. The van der Waals surface area contributed by atoms with Crippen molar-refractivity contribution >= 4 is 15.7 Å². The van der Waals surface area contributed by atoms with Gasteiger partial charge in [-0.1, -0.05) is 13.8 Å². The van der Waals surface area contributed by atoms with Gasteiger partial charge in [0, 0.05) is 17.8 Å². The minimum absolute atomic E-state index is 0.0266. The molecule has 6 heteroatoms. The number of sulfonamides is 1. The lowest BCUT2D eigenvalue weighted by molar-refractivity contribution is 0.259. The second-order valence-electron chi connectivity index (χ2n) is 5.95. The standard InChI is InChI=1S/C15H26N2O3S/c1-11(2)9-14(10-18)16-13-5-7-15(8-6-13)21(19,20)17-12(3)4/h5-8,11-12,14,16-18H,9-10H2,1-4H3. The van der Waals surface area contributed by atoms with Gasteiger partial charge in [0.25, 0.3) is 0 Å². The molecule has 0 radical (unpaired) electrons. The highest BCUT2D eigenvalue weighted by atomic mass is 32.2. The minimum atomic E-state index is -3.46. The van der Waals surface area contributed by atoms with Gasteiger partial charge >= 0.3 is 0 Å². The first-order valence-electron chi connectivity index (χ1n) is 7.24. The molecular formula is C15H26N2O3S. The van der Waals surface area contributed by atoms with Crippen molar-refractivity contribution in [2.45, 2.75) is 51.1 Å². The van der Waals surface area contributed by atoms with Crippen molar-refractivity contribution in [2.75, 3.05) is 11.9 Å². The van der Waals surface area contributed by atoms with Gasteiger partial charge in [0.2, 0.25) is 10.0 Å². The summed E-state index contributed by atoms with van der Waals surface area (Å²) in [5.74, 6) is 0.476. The van der Waals surface area contributed by atoms with Crippen LogP contribution in [-0.2, 0) is 10.0 Å². The largest absolute Gasteiger partial charge is 0.394 e. The van der Waals surface area contributed by atoms with Crippen molar-refractivity contribution in [2.24, 2.45) is 5.92 Å². The van der Waals surface area contributed by atoms with Crippen molar-refractivity contribution in [1.29, 1.82) is 0 Å². The molecule has 0 saturated carbocycles. The summed E-state index contributed by atoms with van der Waals surface area (Å²) in [4.78, 5) is 0.242. The van der Waals surface area contributed by atoms with E-state index in [1.807, 2.05) is 0 Å². The molecule has 0 aliphatic rings. The van der Waals surface area contributed by atoms with Gasteiger partial charge in [0.1, 0.15) is 0 Å². The Morgan fingerprint density at radius 2 is 1.67 bits per heavy atom. The third-order valence-electron chi connectivity index (χ3n) is 2.90. The average molecular weight is 314 g/mol. The van der Waals surface area contributed by atoms with E-state index in [-0.39, 0.29) is 23.6 Å². The zero-order valence-electron chi connectivity index (χ0n) is 13.1. The predicted octanol–water partition coefficient (Wildman–Crippen LogP) is 2.19. The fraction of sp³-hybridized carbons (Fsp3) is 0.600.